The third kappa shape index (κ3) is 2.35. The van der Waals surface area contributed by atoms with Crippen LogP contribution >= 0.6 is 0 Å². The molecule has 0 radical (unpaired) electrons. The summed E-state index contributed by atoms with van der Waals surface area (Å²) in [6.45, 7) is 1.83. The Bertz CT molecular complexity index is 440. The number of hydrazine groups is 1. The Morgan fingerprint density at radius 1 is 1.50 bits per heavy atom. The van der Waals surface area contributed by atoms with Crippen molar-refractivity contribution in [1.29, 1.82) is 0 Å². The number of nitrogens with zero attached hydrogens (tertiary/aromatic N) is 3. The van der Waals surface area contributed by atoms with Crippen molar-refractivity contribution in [2.45, 2.75) is 6.92 Å². The van der Waals surface area contributed by atoms with E-state index in [1.165, 1.54) is 5.01 Å². The fourth-order valence-electron chi connectivity index (χ4n) is 1.15. The zero-order valence-electron chi connectivity index (χ0n) is 8.71. The molecule has 0 aromatic carbocycles. The van der Waals surface area contributed by atoms with Crippen molar-refractivity contribution in [3.05, 3.63) is 42.0 Å². The summed E-state index contributed by atoms with van der Waals surface area (Å²) >= 11 is 0. The van der Waals surface area contributed by atoms with Crippen LogP contribution in [0.5, 0.6) is 0 Å². The van der Waals surface area contributed by atoms with Gasteiger partial charge in [0.2, 0.25) is 0 Å². The summed E-state index contributed by atoms with van der Waals surface area (Å²) in [4.78, 5) is 15.3. The Morgan fingerprint density at radius 3 is 3.12 bits per heavy atom. The van der Waals surface area contributed by atoms with Crippen LogP contribution in [0.15, 0.2) is 41.5 Å². The van der Waals surface area contributed by atoms with Crippen LogP contribution in [0.25, 0.3) is 0 Å². The van der Waals surface area contributed by atoms with Crippen LogP contribution in [0.2, 0.25) is 0 Å². The summed E-state index contributed by atoms with van der Waals surface area (Å²) in [7, 11) is 0. The van der Waals surface area contributed by atoms with E-state index in [0.29, 0.717) is 0 Å². The van der Waals surface area contributed by atoms with E-state index in [1.807, 2.05) is 13.0 Å². The number of hydrazone groups is 1. The standard InChI is InChI=1S/C10H11N5O/c1-8-7-15(10(16)14-13-8)12-6-9-3-2-4-11-5-9/h2-7,13H,1H3,(H,14,16)/b12-6-. The van der Waals surface area contributed by atoms with Crippen LogP contribution in [0.3, 0.4) is 0 Å². The monoisotopic (exact) mass is 217 g/mol. The quantitative estimate of drug-likeness (QED) is 0.720. The van der Waals surface area contributed by atoms with Gasteiger partial charge >= 0.3 is 6.03 Å². The maximum atomic E-state index is 11.3. The van der Waals surface area contributed by atoms with Gasteiger partial charge in [-0.25, -0.2) is 10.2 Å². The molecule has 1 aromatic rings. The first-order valence-electron chi connectivity index (χ1n) is 4.73. The summed E-state index contributed by atoms with van der Waals surface area (Å²) in [6.07, 6.45) is 6.52. The molecule has 2 N–H and O–H groups in total. The van der Waals surface area contributed by atoms with Gasteiger partial charge in [-0.15, -0.1) is 0 Å². The van der Waals surface area contributed by atoms with Gasteiger partial charge in [0.15, 0.2) is 0 Å². The normalized spacial score (nSPS) is 15.7. The molecular formula is C10H11N5O. The first kappa shape index (κ1) is 10.2. The molecule has 0 saturated heterocycles. The molecule has 0 unspecified atom stereocenters. The van der Waals surface area contributed by atoms with Crippen molar-refractivity contribution in [1.82, 2.24) is 20.8 Å². The van der Waals surface area contributed by atoms with Crippen LogP contribution in [0.4, 0.5) is 4.79 Å². The number of allylic oxidation sites excluding steroid dienone is 1. The highest BCUT2D eigenvalue weighted by Crippen LogP contribution is 2.01. The zero-order valence-corrected chi connectivity index (χ0v) is 8.71. The minimum absolute atomic E-state index is 0.328. The smallest absolute Gasteiger partial charge is 0.300 e. The van der Waals surface area contributed by atoms with Gasteiger partial charge in [0.25, 0.3) is 0 Å². The van der Waals surface area contributed by atoms with E-state index in [4.69, 9.17) is 0 Å². The second-order valence-electron chi connectivity index (χ2n) is 3.24. The number of hydrogen-bond donors (Lipinski definition) is 2. The van der Waals surface area contributed by atoms with Crippen molar-refractivity contribution in [3.63, 3.8) is 0 Å². The summed E-state index contributed by atoms with van der Waals surface area (Å²) < 4.78 is 0. The Hall–Kier alpha value is -2.37. The lowest BCUT2D eigenvalue weighted by Crippen LogP contribution is -2.46. The van der Waals surface area contributed by atoms with Crippen molar-refractivity contribution in [2.75, 3.05) is 0 Å². The Labute approximate surface area is 92.6 Å². The van der Waals surface area contributed by atoms with Gasteiger partial charge in [-0.2, -0.15) is 10.1 Å². The predicted molar refractivity (Wildman–Crippen MR) is 59.1 cm³/mol. The lowest BCUT2D eigenvalue weighted by atomic mass is 10.3. The van der Waals surface area contributed by atoms with Crippen molar-refractivity contribution in [3.8, 4) is 0 Å². The number of carbonyl (C=O) groups is 1. The fourth-order valence-corrected chi connectivity index (χ4v) is 1.15. The molecule has 6 nitrogen and oxygen atoms in total. The summed E-state index contributed by atoms with van der Waals surface area (Å²) in [6, 6.07) is 3.33. The minimum atomic E-state index is -0.328. The number of amides is 2. The van der Waals surface area contributed by atoms with E-state index in [-0.39, 0.29) is 6.03 Å². The fraction of sp³-hybridized carbons (Fsp3) is 0.100. The number of pyridine rings is 1. The first-order chi connectivity index (χ1) is 7.75. The topological polar surface area (TPSA) is 69.6 Å². The molecule has 1 aliphatic rings. The molecule has 2 rings (SSSR count). The van der Waals surface area contributed by atoms with E-state index in [1.54, 1.807) is 30.9 Å². The molecule has 0 spiro atoms. The number of rotatable bonds is 2. The van der Waals surface area contributed by atoms with Crippen molar-refractivity contribution >= 4 is 12.2 Å². The molecular weight excluding hydrogens is 206 g/mol. The van der Waals surface area contributed by atoms with Crippen LogP contribution in [0, 0.1) is 0 Å². The average molecular weight is 217 g/mol. The molecule has 0 bridgehead atoms. The molecule has 2 amide bonds. The van der Waals surface area contributed by atoms with Gasteiger partial charge < -0.3 is 0 Å². The van der Waals surface area contributed by atoms with Gasteiger partial charge in [-0.3, -0.25) is 10.4 Å². The molecule has 0 atom stereocenters. The van der Waals surface area contributed by atoms with Crippen LogP contribution in [0.1, 0.15) is 12.5 Å². The van der Waals surface area contributed by atoms with Crippen LogP contribution < -0.4 is 10.9 Å². The highest BCUT2D eigenvalue weighted by atomic mass is 16.2. The third-order valence-corrected chi connectivity index (χ3v) is 1.91. The van der Waals surface area contributed by atoms with E-state index in [9.17, 15) is 4.79 Å². The zero-order chi connectivity index (χ0) is 11.4. The second-order valence-corrected chi connectivity index (χ2v) is 3.24. The van der Waals surface area contributed by atoms with E-state index in [2.05, 4.69) is 20.9 Å². The maximum absolute atomic E-state index is 11.3. The second kappa shape index (κ2) is 4.43. The predicted octanol–water partition coefficient (Wildman–Crippen LogP) is 0.807. The van der Waals surface area contributed by atoms with E-state index < -0.39 is 0 Å². The summed E-state index contributed by atoms with van der Waals surface area (Å²) in [5.74, 6) is 0. The molecule has 82 valence electrons. The molecule has 6 heteroatoms. The Kier molecular flexibility index (Phi) is 2.81. The highest BCUT2D eigenvalue weighted by molar-refractivity contribution is 5.82. The van der Waals surface area contributed by atoms with Crippen molar-refractivity contribution in [2.24, 2.45) is 5.10 Å². The van der Waals surface area contributed by atoms with E-state index in [0.717, 1.165) is 11.3 Å². The molecule has 0 aliphatic carbocycles. The number of urea groups is 1. The number of carbonyl (C=O) groups excluding carboxylic acids is 1. The number of hydrogen-bond acceptors (Lipinski definition) is 4. The van der Waals surface area contributed by atoms with Crippen LogP contribution in [-0.2, 0) is 0 Å². The first-order valence-corrected chi connectivity index (χ1v) is 4.73. The van der Waals surface area contributed by atoms with E-state index >= 15 is 0 Å². The van der Waals surface area contributed by atoms with Gasteiger partial charge in [0, 0.05) is 23.7 Å². The lowest BCUT2D eigenvalue weighted by molar-refractivity contribution is 0.208. The minimum Gasteiger partial charge on any atom is -0.300 e. The molecule has 16 heavy (non-hydrogen) atoms. The Morgan fingerprint density at radius 2 is 2.38 bits per heavy atom. The van der Waals surface area contributed by atoms with Crippen LogP contribution in [-0.4, -0.2) is 22.2 Å². The summed E-state index contributed by atoms with van der Waals surface area (Å²) in [5.41, 5.74) is 6.79. The number of nitrogens with one attached hydrogen (secondary N) is 2. The van der Waals surface area contributed by atoms with Gasteiger partial charge in [0.1, 0.15) is 0 Å². The lowest BCUT2D eigenvalue weighted by Gasteiger charge is -2.21. The summed E-state index contributed by atoms with van der Waals surface area (Å²) in [5, 5.41) is 5.25. The SMILES string of the molecule is CC1=CN(/N=C\c2cccnc2)C(=O)NN1. The maximum Gasteiger partial charge on any atom is 0.360 e. The molecule has 0 saturated carbocycles. The number of aromatic nitrogens is 1. The molecule has 1 aromatic heterocycles. The molecule has 2 heterocycles. The van der Waals surface area contributed by atoms with Gasteiger partial charge in [0.05, 0.1) is 12.4 Å². The van der Waals surface area contributed by atoms with Crippen molar-refractivity contribution < 1.29 is 4.79 Å². The average Bonchev–Trinajstić information content (AvgIpc) is 2.32. The largest absolute Gasteiger partial charge is 0.360 e. The Balaban J connectivity index is 2.12. The van der Waals surface area contributed by atoms with Gasteiger partial charge in [-0.05, 0) is 13.0 Å². The third-order valence-electron chi connectivity index (χ3n) is 1.91. The molecule has 0 fully saturated rings. The van der Waals surface area contributed by atoms with Gasteiger partial charge in [-0.1, -0.05) is 6.07 Å². The molecule has 1 aliphatic heterocycles. The highest BCUT2D eigenvalue weighted by Gasteiger charge is 2.13.